The van der Waals surface area contributed by atoms with Crippen LogP contribution in [-0.4, -0.2) is 58.5 Å². The minimum absolute atomic E-state index is 0.0411. The minimum atomic E-state index is -4.15. The Labute approximate surface area is 301 Å². The van der Waals surface area contributed by atoms with Gasteiger partial charge in [-0.1, -0.05) is 34.5 Å². The molecule has 1 atom stereocenters. The SMILES string of the molecule is CC(C)Oc1ccc(-c2nnc(-c3cc(F)c(OC[C@@H](COP(=O)(OC(C)(C)C)OC(C)(C)C)NC(=O)OC(C)(C)C)cc3Cl)s2)cc1Cl. The molecule has 0 bridgehead atoms. The Bertz CT molecular complexity index is 1630. The maximum Gasteiger partial charge on any atom is 0.475 e. The largest absolute Gasteiger partial charge is 0.489 e. The summed E-state index contributed by atoms with van der Waals surface area (Å²) in [5.41, 5.74) is -1.58. The van der Waals surface area contributed by atoms with Gasteiger partial charge in [0.05, 0.1) is 40.0 Å². The van der Waals surface area contributed by atoms with E-state index in [9.17, 15) is 9.36 Å². The lowest BCUT2D eigenvalue weighted by atomic mass is 10.2. The highest BCUT2D eigenvalue weighted by Gasteiger charge is 2.38. The van der Waals surface area contributed by atoms with Crippen molar-refractivity contribution in [1.82, 2.24) is 15.5 Å². The average molecular weight is 765 g/mol. The number of carbonyl (C=O) groups excluding carboxylic acids is 1. The first-order chi connectivity index (χ1) is 22.4. The maximum atomic E-state index is 15.4. The third kappa shape index (κ3) is 13.6. The molecule has 0 saturated carbocycles. The van der Waals surface area contributed by atoms with Gasteiger partial charge in [-0.05, 0) is 100 Å². The van der Waals surface area contributed by atoms with Crippen LogP contribution in [0, 0.1) is 5.82 Å². The number of rotatable bonds is 13. The Morgan fingerprint density at radius 2 is 1.49 bits per heavy atom. The Balaban J connectivity index is 1.81. The number of halogens is 3. The quantitative estimate of drug-likeness (QED) is 0.168. The van der Waals surface area contributed by atoms with Gasteiger partial charge in [0.1, 0.15) is 28.0 Å². The van der Waals surface area contributed by atoms with Crippen LogP contribution >= 0.6 is 42.4 Å². The standard InChI is InChI=1S/C33H45Cl2FN3O8PS/c1-19(2)44-26-13-12-20(14-24(26)35)28-38-39-29(49-28)22-15-25(36)27(16-23(22)34)42-17-21(37-30(40)45-31(3,4)5)18-43-48(41,46-32(6,7)8)47-33(9,10)11/h12-16,19,21H,17-18H2,1-11H3,(H,37,40)/t21-/m0/s1. The van der Waals surface area contributed by atoms with Crippen LogP contribution in [-0.2, 0) is 22.9 Å². The lowest BCUT2D eigenvalue weighted by molar-refractivity contribution is -0.00235. The first-order valence-electron chi connectivity index (χ1n) is 15.5. The van der Waals surface area contributed by atoms with Crippen LogP contribution in [0.4, 0.5) is 9.18 Å². The van der Waals surface area contributed by atoms with Crippen molar-refractivity contribution in [3.05, 3.63) is 46.2 Å². The summed E-state index contributed by atoms with van der Waals surface area (Å²) in [5, 5.41) is 12.5. The first kappa shape index (κ1) is 40.9. The number of nitrogens with zero attached hydrogens (tertiary/aromatic N) is 2. The van der Waals surface area contributed by atoms with Gasteiger partial charge in [0.25, 0.3) is 0 Å². The summed E-state index contributed by atoms with van der Waals surface area (Å²) in [6.07, 6.45) is -0.835. The van der Waals surface area contributed by atoms with Crippen molar-refractivity contribution in [2.24, 2.45) is 0 Å². The number of phosphoric ester groups is 1. The molecule has 272 valence electrons. The van der Waals surface area contributed by atoms with E-state index in [0.717, 1.165) is 0 Å². The zero-order valence-corrected chi connectivity index (χ0v) is 32.8. The molecule has 1 N–H and O–H groups in total. The van der Waals surface area contributed by atoms with Gasteiger partial charge in [0.15, 0.2) is 11.6 Å². The summed E-state index contributed by atoms with van der Waals surface area (Å²) >= 11 is 14.2. The van der Waals surface area contributed by atoms with Crippen molar-refractivity contribution in [3.8, 4) is 32.6 Å². The normalized spacial score (nSPS) is 13.4. The number of nitrogens with one attached hydrogen (secondary N) is 1. The van der Waals surface area contributed by atoms with E-state index < -0.39 is 49.2 Å². The van der Waals surface area contributed by atoms with Gasteiger partial charge in [-0.2, -0.15) is 0 Å². The van der Waals surface area contributed by atoms with E-state index in [1.807, 2.05) is 19.9 Å². The van der Waals surface area contributed by atoms with E-state index in [2.05, 4.69) is 15.5 Å². The molecule has 0 saturated heterocycles. The Morgan fingerprint density at radius 1 is 0.878 bits per heavy atom. The molecule has 1 amide bonds. The summed E-state index contributed by atoms with van der Waals surface area (Å²) < 4.78 is 62.9. The predicted molar refractivity (Wildman–Crippen MR) is 190 cm³/mol. The van der Waals surface area contributed by atoms with Crippen LogP contribution in [0.2, 0.25) is 10.0 Å². The molecule has 0 aliphatic heterocycles. The molecule has 49 heavy (non-hydrogen) atoms. The zero-order valence-electron chi connectivity index (χ0n) is 29.6. The number of hydrogen-bond acceptors (Lipinski definition) is 11. The van der Waals surface area contributed by atoms with E-state index in [-0.39, 0.29) is 23.5 Å². The maximum absolute atomic E-state index is 15.4. The molecule has 3 aromatic rings. The molecule has 0 aliphatic rings. The van der Waals surface area contributed by atoms with Crippen molar-refractivity contribution in [3.63, 3.8) is 0 Å². The number of amides is 1. The van der Waals surface area contributed by atoms with Gasteiger partial charge < -0.3 is 19.5 Å². The monoisotopic (exact) mass is 763 g/mol. The summed E-state index contributed by atoms with van der Waals surface area (Å²) in [6.45, 7) is 18.4. The van der Waals surface area contributed by atoms with E-state index in [4.69, 9.17) is 51.0 Å². The molecule has 1 aromatic heterocycles. The topological polar surface area (TPSA) is 127 Å². The fourth-order valence-corrected chi connectivity index (χ4v) is 7.20. The van der Waals surface area contributed by atoms with Crippen LogP contribution in [0.3, 0.4) is 0 Å². The van der Waals surface area contributed by atoms with Crippen molar-refractivity contribution < 1.29 is 41.5 Å². The molecule has 1 heterocycles. The predicted octanol–water partition coefficient (Wildman–Crippen LogP) is 10.1. The second kappa shape index (κ2) is 16.2. The first-order valence-corrected chi connectivity index (χ1v) is 18.5. The van der Waals surface area contributed by atoms with E-state index in [1.165, 1.54) is 23.5 Å². The summed E-state index contributed by atoms with van der Waals surface area (Å²) in [5.74, 6) is -0.405. The number of hydrogen-bond donors (Lipinski definition) is 1. The minimum Gasteiger partial charge on any atom is -0.489 e. The number of ether oxygens (including phenoxy) is 3. The lowest BCUT2D eigenvalue weighted by Crippen LogP contribution is -2.44. The number of alkyl carbamates (subject to hydrolysis) is 1. The van der Waals surface area contributed by atoms with Crippen molar-refractivity contribution >= 4 is 48.5 Å². The van der Waals surface area contributed by atoms with E-state index >= 15 is 4.39 Å². The molecular formula is C33H45Cl2FN3O8PS. The smallest absolute Gasteiger partial charge is 0.475 e. The average Bonchev–Trinajstić information content (AvgIpc) is 3.39. The molecule has 16 heteroatoms. The van der Waals surface area contributed by atoms with Gasteiger partial charge >= 0.3 is 13.9 Å². The second-order valence-corrected chi connectivity index (χ2v) is 17.6. The summed E-state index contributed by atoms with van der Waals surface area (Å²) in [6, 6.07) is 6.78. The highest BCUT2D eigenvalue weighted by atomic mass is 35.5. The number of carbonyl (C=O) groups is 1. The number of benzene rings is 2. The molecule has 0 unspecified atom stereocenters. The molecule has 11 nitrogen and oxygen atoms in total. The Morgan fingerprint density at radius 3 is 2.04 bits per heavy atom. The highest BCUT2D eigenvalue weighted by Crippen LogP contribution is 2.55. The summed E-state index contributed by atoms with van der Waals surface area (Å²) in [4.78, 5) is 12.7. The van der Waals surface area contributed by atoms with Crippen LogP contribution in [0.1, 0.15) is 76.2 Å². The fourth-order valence-electron chi connectivity index (χ4n) is 3.95. The molecule has 0 radical (unpaired) electrons. The third-order valence-corrected chi connectivity index (χ3v) is 9.21. The van der Waals surface area contributed by atoms with Crippen LogP contribution in [0.25, 0.3) is 21.1 Å². The van der Waals surface area contributed by atoms with Gasteiger partial charge in [-0.15, -0.1) is 10.2 Å². The van der Waals surface area contributed by atoms with Gasteiger partial charge in [0, 0.05) is 17.2 Å². The van der Waals surface area contributed by atoms with E-state index in [1.54, 1.807) is 74.4 Å². The summed E-state index contributed by atoms with van der Waals surface area (Å²) in [7, 11) is -4.15. The Hall–Kier alpha value is -2.51. The number of aromatic nitrogens is 2. The third-order valence-electron chi connectivity index (χ3n) is 5.58. The zero-order chi connectivity index (χ0) is 36.9. The van der Waals surface area contributed by atoms with Gasteiger partial charge in [-0.25, -0.2) is 13.8 Å². The fraction of sp³-hybridized carbons (Fsp3) is 0.545. The second-order valence-electron chi connectivity index (χ2n) is 14.3. The van der Waals surface area contributed by atoms with Crippen molar-refractivity contribution in [2.45, 2.75) is 105 Å². The molecule has 2 aromatic carbocycles. The molecule has 0 fully saturated rings. The lowest BCUT2D eigenvalue weighted by Gasteiger charge is -2.32. The highest BCUT2D eigenvalue weighted by molar-refractivity contribution is 7.48. The van der Waals surface area contributed by atoms with Crippen molar-refractivity contribution in [2.75, 3.05) is 13.2 Å². The van der Waals surface area contributed by atoms with Gasteiger partial charge in [-0.3, -0.25) is 13.6 Å². The molecular weight excluding hydrogens is 719 g/mol. The van der Waals surface area contributed by atoms with Crippen LogP contribution in [0.5, 0.6) is 11.5 Å². The van der Waals surface area contributed by atoms with Crippen LogP contribution in [0.15, 0.2) is 30.3 Å². The molecule has 0 spiro atoms. The molecule has 3 rings (SSSR count). The molecule has 0 aliphatic carbocycles. The van der Waals surface area contributed by atoms with Crippen molar-refractivity contribution in [1.29, 1.82) is 0 Å². The van der Waals surface area contributed by atoms with Crippen LogP contribution < -0.4 is 14.8 Å². The van der Waals surface area contributed by atoms with E-state index in [0.29, 0.717) is 31.9 Å². The number of phosphoric acid groups is 1. The van der Waals surface area contributed by atoms with Gasteiger partial charge in [0.2, 0.25) is 0 Å². The Kier molecular flexibility index (Phi) is 13.5.